The van der Waals surface area contributed by atoms with E-state index in [0.717, 1.165) is 16.5 Å². The number of nitrogens with one attached hydrogen (secondary N) is 3. The van der Waals surface area contributed by atoms with Gasteiger partial charge in [0.2, 0.25) is 0 Å². The van der Waals surface area contributed by atoms with Gasteiger partial charge in [0.05, 0.1) is 11.1 Å². The number of carbonyl (C=O) groups is 3. The van der Waals surface area contributed by atoms with Crippen molar-refractivity contribution in [1.82, 2.24) is 15.2 Å². The Bertz CT molecular complexity index is 1120. The molecule has 0 spiro atoms. The van der Waals surface area contributed by atoms with Gasteiger partial charge in [-0.05, 0) is 50.1 Å². The van der Waals surface area contributed by atoms with Crippen LogP contribution in [-0.2, 0) is 6.42 Å². The van der Waals surface area contributed by atoms with Gasteiger partial charge in [0.25, 0.3) is 11.8 Å². The van der Waals surface area contributed by atoms with E-state index in [1.165, 1.54) is 4.90 Å². The molecule has 4 rings (SSSR count). The molecule has 3 aromatic rings. The lowest BCUT2D eigenvalue weighted by atomic mass is 10.1. The van der Waals surface area contributed by atoms with Crippen molar-refractivity contribution in [1.29, 1.82) is 0 Å². The van der Waals surface area contributed by atoms with Crippen molar-refractivity contribution in [2.24, 2.45) is 0 Å². The number of nitrogens with zero attached hydrogens (tertiary/aromatic N) is 1. The van der Waals surface area contributed by atoms with Gasteiger partial charge in [0.15, 0.2) is 0 Å². The van der Waals surface area contributed by atoms with Crippen LogP contribution in [0.4, 0.5) is 10.5 Å². The number of rotatable bonds is 5. The highest BCUT2D eigenvalue weighted by Gasteiger charge is 2.37. The van der Waals surface area contributed by atoms with Crippen LogP contribution in [0.5, 0.6) is 0 Å². The van der Waals surface area contributed by atoms with Crippen molar-refractivity contribution in [3.8, 4) is 0 Å². The molecule has 3 N–H and O–H groups in total. The number of carbonyl (C=O) groups excluding carboxylic acids is 3. The highest BCUT2D eigenvalue weighted by molar-refractivity contribution is 6.22. The normalized spacial score (nSPS) is 13.3. The number of hydrogen-bond acceptors (Lipinski definition) is 3. The topological polar surface area (TPSA) is 94.3 Å². The molecule has 7 heteroatoms. The van der Waals surface area contributed by atoms with E-state index in [1.807, 2.05) is 30.5 Å². The molecule has 7 nitrogen and oxygen atoms in total. The van der Waals surface area contributed by atoms with E-state index >= 15 is 0 Å². The lowest BCUT2D eigenvalue weighted by molar-refractivity contribution is 0.0609. The minimum atomic E-state index is -0.359. The maximum Gasteiger partial charge on any atom is 0.319 e. The Hall–Kier alpha value is -3.61. The third-order valence-corrected chi connectivity index (χ3v) is 5.05. The molecule has 1 aromatic heterocycles. The number of anilines is 1. The van der Waals surface area contributed by atoms with Crippen LogP contribution in [0.3, 0.4) is 0 Å². The number of aromatic nitrogens is 1. The van der Waals surface area contributed by atoms with E-state index in [1.54, 1.807) is 32.0 Å². The number of para-hydroxylation sites is 1. The number of imide groups is 1. The van der Waals surface area contributed by atoms with E-state index in [-0.39, 0.29) is 23.9 Å². The van der Waals surface area contributed by atoms with Gasteiger partial charge in [-0.2, -0.15) is 0 Å². The summed E-state index contributed by atoms with van der Waals surface area (Å²) in [4.78, 5) is 41.5. The highest BCUT2D eigenvalue weighted by atomic mass is 16.2. The zero-order valence-corrected chi connectivity index (χ0v) is 16.3. The fourth-order valence-electron chi connectivity index (χ4n) is 3.63. The minimum absolute atomic E-state index is 0.216. The molecule has 0 atom stereocenters. The summed E-state index contributed by atoms with van der Waals surface area (Å²) < 4.78 is 0. The summed E-state index contributed by atoms with van der Waals surface area (Å²) in [6.07, 6.45) is 2.64. The van der Waals surface area contributed by atoms with E-state index in [2.05, 4.69) is 15.6 Å². The second-order valence-electron chi connectivity index (χ2n) is 7.32. The Morgan fingerprint density at radius 1 is 1.07 bits per heavy atom. The van der Waals surface area contributed by atoms with Gasteiger partial charge < -0.3 is 15.6 Å². The van der Waals surface area contributed by atoms with Crippen LogP contribution < -0.4 is 10.6 Å². The smallest absolute Gasteiger partial charge is 0.319 e. The molecule has 0 saturated carbocycles. The lowest BCUT2D eigenvalue weighted by Gasteiger charge is -2.17. The van der Waals surface area contributed by atoms with Gasteiger partial charge >= 0.3 is 6.03 Å². The molecule has 29 heavy (non-hydrogen) atoms. The summed E-state index contributed by atoms with van der Waals surface area (Å²) >= 11 is 0. The molecule has 1 aliphatic rings. The number of H-pyrrole nitrogens is 1. The van der Waals surface area contributed by atoms with Crippen LogP contribution in [0.1, 0.15) is 40.1 Å². The van der Waals surface area contributed by atoms with Crippen LogP contribution in [-0.4, -0.2) is 40.3 Å². The number of aromatic amines is 1. The lowest BCUT2D eigenvalue weighted by Crippen LogP contribution is -2.35. The second kappa shape index (κ2) is 7.43. The first-order valence-electron chi connectivity index (χ1n) is 9.57. The number of hydrogen-bond donors (Lipinski definition) is 3. The quantitative estimate of drug-likeness (QED) is 0.582. The van der Waals surface area contributed by atoms with Gasteiger partial charge in [-0.1, -0.05) is 18.2 Å². The number of urea groups is 1. The summed E-state index contributed by atoms with van der Waals surface area (Å²) in [5.41, 5.74) is 3.37. The zero-order chi connectivity index (χ0) is 20.5. The fourth-order valence-corrected chi connectivity index (χ4v) is 3.63. The molecule has 4 amide bonds. The Labute approximate surface area is 168 Å². The van der Waals surface area contributed by atoms with Crippen LogP contribution in [0.25, 0.3) is 10.9 Å². The number of fused-ring (bicyclic) bond motifs is 2. The Balaban J connectivity index is 1.37. The first kappa shape index (κ1) is 18.7. The molecule has 0 saturated heterocycles. The van der Waals surface area contributed by atoms with Crippen molar-refractivity contribution < 1.29 is 14.4 Å². The van der Waals surface area contributed by atoms with E-state index in [4.69, 9.17) is 0 Å². The largest absolute Gasteiger partial charge is 0.361 e. The average Bonchev–Trinajstić information content (AvgIpc) is 3.21. The summed E-state index contributed by atoms with van der Waals surface area (Å²) in [6, 6.07) is 12.2. The summed E-state index contributed by atoms with van der Waals surface area (Å²) in [6.45, 7) is 4.06. The minimum Gasteiger partial charge on any atom is -0.361 e. The van der Waals surface area contributed by atoms with Crippen molar-refractivity contribution >= 4 is 34.4 Å². The van der Waals surface area contributed by atoms with Crippen LogP contribution in [0, 0.1) is 0 Å². The van der Waals surface area contributed by atoms with Gasteiger partial charge in [0, 0.05) is 35.4 Å². The van der Waals surface area contributed by atoms with Gasteiger partial charge in [0.1, 0.15) is 0 Å². The average molecular weight is 390 g/mol. The third kappa shape index (κ3) is 3.47. The standard InChI is InChI=1S/C22H22N4O3/c1-13(2)26-20(27)17-8-7-15(11-18(17)21(26)28)25-22(29)23-10-9-14-12-24-19-6-4-3-5-16(14)19/h3-8,11-13,24H,9-10H2,1-2H3,(H2,23,25,29). The highest BCUT2D eigenvalue weighted by Crippen LogP contribution is 2.27. The molecule has 2 heterocycles. The monoisotopic (exact) mass is 390 g/mol. The summed E-state index contributed by atoms with van der Waals surface area (Å²) in [5.74, 6) is -0.627. The molecule has 0 unspecified atom stereocenters. The number of amides is 4. The van der Waals surface area contributed by atoms with Crippen LogP contribution in [0.15, 0.2) is 48.7 Å². The first-order chi connectivity index (χ1) is 14.0. The maximum atomic E-state index is 12.5. The molecule has 0 radical (unpaired) electrons. The Morgan fingerprint density at radius 3 is 2.62 bits per heavy atom. The van der Waals surface area contributed by atoms with E-state index < -0.39 is 0 Å². The molecular weight excluding hydrogens is 368 g/mol. The zero-order valence-electron chi connectivity index (χ0n) is 16.3. The van der Waals surface area contributed by atoms with Crippen molar-refractivity contribution in [3.63, 3.8) is 0 Å². The van der Waals surface area contributed by atoms with Gasteiger partial charge in [-0.3, -0.25) is 14.5 Å². The van der Waals surface area contributed by atoms with Gasteiger partial charge in [-0.15, -0.1) is 0 Å². The SMILES string of the molecule is CC(C)N1C(=O)c2ccc(NC(=O)NCCc3c[nH]c4ccccc34)cc2C1=O. The molecule has 0 aliphatic carbocycles. The van der Waals surface area contributed by atoms with E-state index in [0.29, 0.717) is 29.8 Å². The van der Waals surface area contributed by atoms with Crippen LogP contribution in [0.2, 0.25) is 0 Å². The summed E-state index contributed by atoms with van der Waals surface area (Å²) in [7, 11) is 0. The molecular formula is C22H22N4O3. The van der Waals surface area contributed by atoms with Gasteiger partial charge in [-0.25, -0.2) is 4.79 Å². The Morgan fingerprint density at radius 2 is 1.83 bits per heavy atom. The van der Waals surface area contributed by atoms with E-state index in [9.17, 15) is 14.4 Å². The maximum absolute atomic E-state index is 12.5. The van der Waals surface area contributed by atoms with Crippen molar-refractivity contribution in [2.75, 3.05) is 11.9 Å². The molecule has 1 aliphatic heterocycles. The molecule has 148 valence electrons. The van der Waals surface area contributed by atoms with Crippen molar-refractivity contribution in [3.05, 3.63) is 65.4 Å². The molecule has 0 fully saturated rings. The second-order valence-corrected chi connectivity index (χ2v) is 7.32. The predicted molar refractivity (Wildman–Crippen MR) is 111 cm³/mol. The summed E-state index contributed by atoms with van der Waals surface area (Å²) in [5, 5.41) is 6.70. The van der Waals surface area contributed by atoms with Crippen LogP contribution >= 0.6 is 0 Å². The first-order valence-corrected chi connectivity index (χ1v) is 9.57. The number of benzene rings is 2. The third-order valence-electron chi connectivity index (χ3n) is 5.05. The fraction of sp³-hybridized carbons (Fsp3) is 0.227. The molecule has 0 bridgehead atoms. The van der Waals surface area contributed by atoms with Crippen molar-refractivity contribution in [2.45, 2.75) is 26.3 Å². The Kier molecular flexibility index (Phi) is 4.80. The predicted octanol–water partition coefficient (Wildman–Crippen LogP) is 3.54. The molecule has 2 aromatic carbocycles.